The van der Waals surface area contributed by atoms with E-state index in [0.717, 1.165) is 45.6 Å². The van der Waals surface area contributed by atoms with Crippen LogP contribution in [0.4, 0.5) is 4.39 Å². The average molecular weight is 405 g/mol. The predicted molar refractivity (Wildman–Crippen MR) is 128 cm³/mol. The molecule has 3 heteroatoms. The Hall–Kier alpha value is -2.96. The van der Waals surface area contributed by atoms with E-state index in [9.17, 15) is 4.39 Å². The maximum absolute atomic E-state index is 14.0. The Balaban J connectivity index is 0.000000826. The van der Waals surface area contributed by atoms with Crippen molar-refractivity contribution in [3.8, 4) is 34.1 Å². The molecule has 1 heterocycles. The van der Waals surface area contributed by atoms with Gasteiger partial charge in [-0.2, -0.15) is 0 Å². The number of pyridine rings is 1. The zero-order valence-electron chi connectivity index (χ0n) is 19.2. The molecule has 0 fully saturated rings. The molecular formula is C27H33FN2. The summed E-state index contributed by atoms with van der Waals surface area (Å²) in [7, 11) is 0. The van der Waals surface area contributed by atoms with Crippen molar-refractivity contribution in [1.82, 2.24) is 4.98 Å². The Labute approximate surface area is 181 Å². The third kappa shape index (κ3) is 6.54. The van der Waals surface area contributed by atoms with Gasteiger partial charge in [-0.05, 0) is 97.3 Å². The Morgan fingerprint density at radius 2 is 1.50 bits per heavy atom. The molecule has 0 spiro atoms. The number of benzene rings is 2. The highest BCUT2D eigenvalue weighted by atomic mass is 19.1. The second kappa shape index (κ2) is 12.6. The average Bonchev–Trinajstić information content (AvgIpc) is 2.74. The molecule has 3 aromatic rings. The van der Waals surface area contributed by atoms with Crippen molar-refractivity contribution in [2.24, 2.45) is 5.73 Å². The van der Waals surface area contributed by atoms with Gasteiger partial charge in [-0.25, -0.2) is 9.37 Å². The first kappa shape index (κ1) is 25.1. The summed E-state index contributed by atoms with van der Waals surface area (Å²) in [6.45, 7) is 14.4. The van der Waals surface area contributed by atoms with Gasteiger partial charge in [0.15, 0.2) is 0 Å². The van der Waals surface area contributed by atoms with Gasteiger partial charge in [0.25, 0.3) is 0 Å². The molecule has 0 aliphatic rings. The van der Waals surface area contributed by atoms with Crippen LogP contribution < -0.4 is 5.73 Å². The quantitative estimate of drug-likeness (QED) is 0.475. The third-order valence-corrected chi connectivity index (χ3v) is 4.36. The maximum Gasteiger partial charge on any atom is 0.126 e. The molecule has 0 atom stereocenters. The van der Waals surface area contributed by atoms with Crippen LogP contribution in [0.25, 0.3) is 22.3 Å². The van der Waals surface area contributed by atoms with Gasteiger partial charge < -0.3 is 5.73 Å². The van der Waals surface area contributed by atoms with Crippen LogP contribution in [0.1, 0.15) is 50.1 Å². The Morgan fingerprint density at radius 3 is 2.03 bits per heavy atom. The molecule has 2 aromatic carbocycles. The summed E-state index contributed by atoms with van der Waals surface area (Å²) in [5.41, 5.74) is 12.7. The molecule has 0 amide bonds. The van der Waals surface area contributed by atoms with Gasteiger partial charge in [-0.3, -0.25) is 0 Å². The van der Waals surface area contributed by atoms with Crippen molar-refractivity contribution in [3.63, 3.8) is 0 Å². The lowest BCUT2D eigenvalue weighted by Crippen LogP contribution is -1.93. The van der Waals surface area contributed by atoms with E-state index in [1.54, 1.807) is 26.1 Å². The third-order valence-electron chi connectivity index (χ3n) is 4.36. The Morgan fingerprint density at radius 1 is 0.933 bits per heavy atom. The number of hydrogen-bond donors (Lipinski definition) is 1. The molecule has 0 aliphatic heterocycles. The second-order valence-corrected chi connectivity index (χ2v) is 6.66. The van der Waals surface area contributed by atoms with Gasteiger partial charge >= 0.3 is 0 Å². The van der Waals surface area contributed by atoms with Crippen LogP contribution in [0.15, 0.2) is 48.7 Å². The molecule has 158 valence electrons. The molecule has 1 aromatic heterocycles. The first-order valence-electron chi connectivity index (χ1n) is 10.4. The molecule has 0 radical (unpaired) electrons. The fourth-order valence-electron chi connectivity index (χ4n) is 3.01. The van der Waals surface area contributed by atoms with E-state index in [-0.39, 0.29) is 5.82 Å². The Bertz CT molecular complexity index is 1030. The Kier molecular flexibility index (Phi) is 10.5. The van der Waals surface area contributed by atoms with Crippen LogP contribution in [0, 0.1) is 38.4 Å². The number of nitrogens with two attached hydrogens (primary N) is 1. The summed E-state index contributed by atoms with van der Waals surface area (Å²) >= 11 is 0. The number of halogens is 1. The highest BCUT2D eigenvalue weighted by Gasteiger charge is 2.11. The van der Waals surface area contributed by atoms with Gasteiger partial charge in [-0.15, -0.1) is 0 Å². The van der Waals surface area contributed by atoms with Gasteiger partial charge in [-0.1, -0.05) is 51.0 Å². The van der Waals surface area contributed by atoms with Crippen LogP contribution in [0.5, 0.6) is 0 Å². The standard InChI is InChI=1S/C23H20FN.C2H7N.C2H6/c1-5-6-20-13-19(9-10-25-20)22-12-15(2)11-21(17(22)4)18-8-7-16(3)23(24)14-18;1-2-3;1-2/h7-14H,1-4H3;2-3H2,1H3;1-2H3. The van der Waals surface area contributed by atoms with E-state index < -0.39 is 0 Å². The molecule has 2 N–H and O–H groups in total. The maximum atomic E-state index is 14.0. The van der Waals surface area contributed by atoms with E-state index in [1.165, 1.54) is 0 Å². The van der Waals surface area contributed by atoms with Crippen LogP contribution in [-0.4, -0.2) is 11.5 Å². The van der Waals surface area contributed by atoms with Crippen molar-refractivity contribution in [2.45, 2.75) is 48.5 Å². The van der Waals surface area contributed by atoms with Crippen molar-refractivity contribution < 1.29 is 4.39 Å². The number of aromatic nitrogens is 1. The molecule has 2 nitrogen and oxygen atoms in total. The minimum atomic E-state index is -0.177. The topological polar surface area (TPSA) is 38.9 Å². The summed E-state index contributed by atoms with van der Waals surface area (Å²) in [5.74, 6) is 5.71. The van der Waals surface area contributed by atoms with Gasteiger partial charge in [0, 0.05) is 6.20 Å². The molecule has 0 bridgehead atoms. The first-order valence-corrected chi connectivity index (χ1v) is 10.4. The fourth-order valence-corrected chi connectivity index (χ4v) is 3.01. The van der Waals surface area contributed by atoms with Crippen molar-refractivity contribution in [2.75, 3.05) is 6.54 Å². The molecule has 30 heavy (non-hydrogen) atoms. The lowest BCUT2D eigenvalue weighted by atomic mass is 9.90. The molecule has 0 saturated carbocycles. The van der Waals surface area contributed by atoms with E-state index in [0.29, 0.717) is 5.56 Å². The highest BCUT2D eigenvalue weighted by Crippen LogP contribution is 2.34. The van der Waals surface area contributed by atoms with E-state index in [2.05, 4.69) is 42.8 Å². The minimum Gasteiger partial charge on any atom is -0.331 e. The fraction of sp³-hybridized carbons (Fsp3) is 0.296. The SMILES string of the molecule is CC.CC#Cc1cc(-c2cc(C)cc(-c3ccc(C)c(F)c3)c2C)ccn1.CCN. The zero-order chi connectivity index (χ0) is 22.7. The van der Waals surface area contributed by atoms with Crippen LogP contribution in [0.3, 0.4) is 0 Å². The zero-order valence-corrected chi connectivity index (χ0v) is 19.2. The summed E-state index contributed by atoms with van der Waals surface area (Å²) < 4.78 is 14.0. The van der Waals surface area contributed by atoms with Gasteiger partial charge in [0.05, 0.1) is 0 Å². The molecule has 3 rings (SSSR count). The number of aryl methyl sites for hydroxylation is 2. The summed E-state index contributed by atoms with van der Waals surface area (Å²) in [6.07, 6.45) is 1.78. The summed E-state index contributed by atoms with van der Waals surface area (Å²) in [5, 5.41) is 0. The van der Waals surface area contributed by atoms with Crippen LogP contribution >= 0.6 is 0 Å². The number of hydrogen-bond acceptors (Lipinski definition) is 2. The van der Waals surface area contributed by atoms with Crippen molar-refractivity contribution in [3.05, 3.63) is 76.9 Å². The second-order valence-electron chi connectivity index (χ2n) is 6.66. The lowest BCUT2D eigenvalue weighted by Gasteiger charge is -2.14. The minimum absolute atomic E-state index is 0.177. The lowest BCUT2D eigenvalue weighted by molar-refractivity contribution is 0.619. The van der Waals surface area contributed by atoms with E-state index >= 15 is 0 Å². The molecule has 0 saturated heterocycles. The summed E-state index contributed by atoms with van der Waals surface area (Å²) in [6, 6.07) is 13.7. The van der Waals surface area contributed by atoms with E-state index in [4.69, 9.17) is 5.73 Å². The van der Waals surface area contributed by atoms with E-state index in [1.807, 2.05) is 45.0 Å². The summed E-state index contributed by atoms with van der Waals surface area (Å²) in [4.78, 5) is 4.29. The normalized spacial score (nSPS) is 9.37. The molecule has 0 aliphatic carbocycles. The monoisotopic (exact) mass is 404 g/mol. The van der Waals surface area contributed by atoms with Crippen LogP contribution in [-0.2, 0) is 0 Å². The van der Waals surface area contributed by atoms with Crippen LogP contribution in [0.2, 0.25) is 0 Å². The number of rotatable bonds is 2. The predicted octanol–water partition coefficient (Wildman–Crippen LogP) is 6.84. The first-order chi connectivity index (χ1) is 14.4. The van der Waals surface area contributed by atoms with Crippen molar-refractivity contribution in [1.29, 1.82) is 0 Å². The number of nitrogens with zero attached hydrogens (tertiary/aromatic N) is 1. The van der Waals surface area contributed by atoms with Gasteiger partial charge in [0.2, 0.25) is 0 Å². The van der Waals surface area contributed by atoms with Crippen molar-refractivity contribution >= 4 is 0 Å². The van der Waals surface area contributed by atoms with Gasteiger partial charge in [0.1, 0.15) is 11.5 Å². The highest BCUT2D eigenvalue weighted by molar-refractivity contribution is 5.79. The largest absolute Gasteiger partial charge is 0.331 e. The smallest absolute Gasteiger partial charge is 0.126 e. The molecular weight excluding hydrogens is 371 g/mol. The molecule has 0 unspecified atom stereocenters.